The summed E-state index contributed by atoms with van der Waals surface area (Å²) in [6.45, 7) is 4.17. The maximum absolute atomic E-state index is 12.9. The minimum atomic E-state index is -0.977. The molecule has 0 spiro atoms. The highest BCUT2D eigenvalue weighted by molar-refractivity contribution is 6.31. The number of carbonyl (C=O) groups excluding carboxylic acids is 1. The average molecular weight is 404 g/mol. The van der Waals surface area contributed by atoms with Crippen LogP contribution in [0.15, 0.2) is 24.3 Å². The summed E-state index contributed by atoms with van der Waals surface area (Å²) in [7, 11) is 0. The Morgan fingerprint density at radius 2 is 1.93 bits per heavy atom. The molecule has 4 atom stereocenters. The molecule has 0 saturated carbocycles. The molecule has 8 heteroatoms. The second-order valence-corrected chi connectivity index (χ2v) is 7.87. The molecule has 4 rings (SSSR count). The van der Waals surface area contributed by atoms with E-state index in [0.29, 0.717) is 29.4 Å². The SMILES string of the molecule is Cc1nn(Cc2ccccc2Cl)c(C)c1NC(=O)[C@@H]1[C@@H](C(=O)O)[C@H]2CC[C@@H]1O2. The number of hydrogen-bond acceptors (Lipinski definition) is 4. The largest absolute Gasteiger partial charge is 0.481 e. The lowest BCUT2D eigenvalue weighted by atomic mass is 9.78. The van der Waals surface area contributed by atoms with Gasteiger partial charge in [0.2, 0.25) is 5.91 Å². The third kappa shape index (κ3) is 3.18. The van der Waals surface area contributed by atoms with Gasteiger partial charge in [0.1, 0.15) is 0 Å². The molecule has 1 aromatic heterocycles. The van der Waals surface area contributed by atoms with Crippen LogP contribution in [0.3, 0.4) is 0 Å². The number of benzene rings is 1. The van der Waals surface area contributed by atoms with Crippen LogP contribution >= 0.6 is 11.6 Å². The van der Waals surface area contributed by atoms with Crippen molar-refractivity contribution in [1.82, 2.24) is 9.78 Å². The van der Waals surface area contributed by atoms with Gasteiger partial charge in [-0.25, -0.2) is 0 Å². The summed E-state index contributed by atoms with van der Waals surface area (Å²) in [5.74, 6) is -2.77. The van der Waals surface area contributed by atoms with Crippen molar-refractivity contribution in [3.8, 4) is 0 Å². The van der Waals surface area contributed by atoms with E-state index in [-0.39, 0.29) is 18.1 Å². The van der Waals surface area contributed by atoms with Gasteiger partial charge < -0.3 is 15.2 Å². The van der Waals surface area contributed by atoms with E-state index in [9.17, 15) is 14.7 Å². The number of fused-ring (bicyclic) bond motifs is 2. The highest BCUT2D eigenvalue weighted by Gasteiger charge is 2.55. The lowest BCUT2D eigenvalue weighted by Gasteiger charge is -2.23. The Morgan fingerprint density at radius 3 is 2.61 bits per heavy atom. The van der Waals surface area contributed by atoms with E-state index < -0.39 is 17.8 Å². The van der Waals surface area contributed by atoms with Gasteiger partial charge in [0.15, 0.2) is 0 Å². The van der Waals surface area contributed by atoms with Crippen LogP contribution in [0, 0.1) is 25.7 Å². The lowest BCUT2D eigenvalue weighted by molar-refractivity contribution is -0.147. The molecule has 2 aliphatic rings. The zero-order valence-electron chi connectivity index (χ0n) is 15.7. The van der Waals surface area contributed by atoms with E-state index in [1.807, 2.05) is 38.1 Å². The molecule has 28 heavy (non-hydrogen) atoms. The van der Waals surface area contributed by atoms with Crippen LogP contribution in [0.1, 0.15) is 29.8 Å². The van der Waals surface area contributed by atoms with E-state index in [2.05, 4.69) is 10.4 Å². The number of nitrogens with one attached hydrogen (secondary N) is 1. The van der Waals surface area contributed by atoms with Crippen LogP contribution in [0.25, 0.3) is 0 Å². The van der Waals surface area contributed by atoms with Crippen LogP contribution in [0.4, 0.5) is 5.69 Å². The summed E-state index contributed by atoms with van der Waals surface area (Å²) in [5.41, 5.74) is 3.01. The Bertz CT molecular complexity index is 942. The zero-order valence-corrected chi connectivity index (χ0v) is 16.4. The van der Waals surface area contributed by atoms with Gasteiger partial charge >= 0.3 is 5.97 Å². The van der Waals surface area contributed by atoms with E-state index in [4.69, 9.17) is 16.3 Å². The van der Waals surface area contributed by atoms with Crippen molar-refractivity contribution in [3.63, 3.8) is 0 Å². The number of carboxylic acids is 1. The fourth-order valence-corrected chi connectivity index (χ4v) is 4.55. The van der Waals surface area contributed by atoms with E-state index in [0.717, 1.165) is 17.7 Å². The number of aromatic nitrogens is 2. The fraction of sp³-hybridized carbons (Fsp3) is 0.450. The first-order valence-corrected chi connectivity index (χ1v) is 9.71. The molecule has 0 aliphatic carbocycles. The van der Waals surface area contributed by atoms with E-state index in [1.54, 1.807) is 4.68 Å². The van der Waals surface area contributed by atoms with Crippen LogP contribution < -0.4 is 5.32 Å². The molecule has 1 aromatic carbocycles. The number of ether oxygens (including phenoxy) is 1. The number of halogens is 1. The van der Waals surface area contributed by atoms with E-state index >= 15 is 0 Å². The number of rotatable bonds is 5. The van der Waals surface area contributed by atoms with E-state index in [1.165, 1.54) is 0 Å². The molecule has 2 bridgehead atoms. The number of anilines is 1. The third-order valence-electron chi connectivity index (χ3n) is 5.77. The van der Waals surface area contributed by atoms with Gasteiger partial charge in [-0.2, -0.15) is 5.10 Å². The number of aliphatic carboxylic acids is 1. The Morgan fingerprint density at radius 1 is 1.25 bits per heavy atom. The number of carbonyl (C=O) groups is 2. The zero-order chi connectivity index (χ0) is 20.0. The van der Waals surface area contributed by atoms with Crippen molar-refractivity contribution in [2.75, 3.05) is 5.32 Å². The quantitative estimate of drug-likeness (QED) is 0.800. The number of hydrogen-bond donors (Lipinski definition) is 2. The maximum Gasteiger partial charge on any atom is 0.310 e. The minimum Gasteiger partial charge on any atom is -0.481 e. The second kappa shape index (κ2) is 7.22. The van der Waals surface area contributed by atoms with Crippen molar-refractivity contribution in [2.45, 2.75) is 45.4 Å². The molecule has 2 saturated heterocycles. The highest BCUT2D eigenvalue weighted by Crippen LogP contribution is 2.44. The normalized spacial score (nSPS) is 25.8. The summed E-state index contributed by atoms with van der Waals surface area (Å²) in [4.78, 5) is 24.6. The Kier molecular flexibility index (Phi) is 4.89. The molecule has 0 radical (unpaired) electrons. The maximum atomic E-state index is 12.9. The van der Waals surface area contributed by atoms with Crippen molar-refractivity contribution in [3.05, 3.63) is 46.2 Å². The first kappa shape index (κ1) is 19.0. The first-order chi connectivity index (χ1) is 13.4. The molecule has 0 unspecified atom stereocenters. The highest BCUT2D eigenvalue weighted by atomic mass is 35.5. The minimum absolute atomic E-state index is 0.317. The fourth-order valence-electron chi connectivity index (χ4n) is 4.35. The standard InChI is InChI=1S/C20H22ClN3O4/c1-10-18(11(2)24(23-10)9-12-5-3-4-6-13(12)21)22-19(25)16-14-7-8-15(28-14)17(16)20(26)27/h3-6,14-17H,7-9H2,1-2H3,(H,22,25)(H,26,27)/t14-,15+,16-,17-/m0/s1. The van der Waals surface area contributed by atoms with Crippen molar-refractivity contribution in [2.24, 2.45) is 11.8 Å². The predicted molar refractivity (Wildman–Crippen MR) is 103 cm³/mol. The number of amides is 1. The summed E-state index contributed by atoms with van der Waals surface area (Å²) < 4.78 is 7.49. The number of aryl methyl sites for hydroxylation is 1. The van der Waals surface area contributed by atoms with Crippen LogP contribution in [-0.4, -0.2) is 39.0 Å². The van der Waals surface area contributed by atoms with Gasteiger partial charge in [0, 0.05) is 5.02 Å². The molecule has 148 valence electrons. The van der Waals surface area contributed by atoms with Crippen LogP contribution in [-0.2, 0) is 20.9 Å². The van der Waals surface area contributed by atoms with Gasteiger partial charge in [-0.1, -0.05) is 29.8 Å². The third-order valence-corrected chi connectivity index (χ3v) is 6.14. The average Bonchev–Trinajstić information content (AvgIpc) is 3.33. The monoisotopic (exact) mass is 403 g/mol. The predicted octanol–water partition coefficient (Wildman–Crippen LogP) is 3.02. The number of carboxylic acid groups (broad SMARTS) is 1. The summed E-state index contributed by atoms with van der Waals surface area (Å²) >= 11 is 6.24. The van der Waals surface area contributed by atoms with Gasteiger partial charge in [-0.15, -0.1) is 0 Å². The molecule has 2 N–H and O–H groups in total. The molecule has 2 aromatic rings. The topological polar surface area (TPSA) is 93.5 Å². The molecule has 2 aliphatic heterocycles. The molecule has 1 amide bonds. The summed E-state index contributed by atoms with van der Waals surface area (Å²) in [6, 6.07) is 7.54. The summed E-state index contributed by atoms with van der Waals surface area (Å²) in [5, 5.41) is 17.6. The van der Waals surface area contributed by atoms with Gasteiger partial charge in [0.25, 0.3) is 0 Å². The molecule has 3 heterocycles. The molecular weight excluding hydrogens is 382 g/mol. The van der Waals surface area contributed by atoms with Gasteiger partial charge in [-0.3, -0.25) is 14.3 Å². The molecule has 7 nitrogen and oxygen atoms in total. The lowest BCUT2D eigenvalue weighted by Crippen LogP contribution is -2.41. The molecular formula is C20H22ClN3O4. The smallest absolute Gasteiger partial charge is 0.310 e. The Labute approximate surface area is 167 Å². The first-order valence-electron chi connectivity index (χ1n) is 9.33. The Balaban J connectivity index is 1.55. The Hall–Kier alpha value is -2.38. The number of nitrogens with zero attached hydrogens (tertiary/aromatic N) is 2. The molecule has 2 fully saturated rings. The van der Waals surface area contributed by atoms with Gasteiger partial charge in [0.05, 0.1) is 47.7 Å². The van der Waals surface area contributed by atoms with Crippen LogP contribution in [0.5, 0.6) is 0 Å². The van der Waals surface area contributed by atoms with Gasteiger partial charge in [-0.05, 0) is 38.3 Å². The van der Waals surface area contributed by atoms with Crippen LogP contribution in [0.2, 0.25) is 5.02 Å². The van der Waals surface area contributed by atoms with Crippen molar-refractivity contribution < 1.29 is 19.4 Å². The summed E-state index contributed by atoms with van der Waals surface area (Å²) in [6.07, 6.45) is 0.712. The van der Waals surface area contributed by atoms with Crippen molar-refractivity contribution >= 4 is 29.2 Å². The van der Waals surface area contributed by atoms with Crippen molar-refractivity contribution in [1.29, 1.82) is 0 Å². The second-order valence-electron chi connectivity index (χ2n) is 7.46.